The van der Waals surface area contributed by atoms with Crippen molar-refractivity contribution < 1.29 is 5.11 Å². The molecule has 0 aromatic carbocycles. The Morgan fingerprint density at radius 3 is 2.25 bits per heavy atom. The van der Waals surface area contributed by atoms with Crippen molar-refractivity contribution in [3.8, 4) is 0 Å². The van der Waals surface area contributed by atoms with E-state index in [1.807, 2.05) is 13.8 Å². The molecule has 0 radical (unpaired) electrons. The van der Waals surface area contributed by atoms with Crippen LogP contribution in [0.5, 0.6) is 0 Å². The zero-order chi connectivity index (χ0) is 9.14. The molecule has 12 heavy (non-hydrogen) atoms. The molecule has 2 saturated heterocycles. The molecular formula is C10H21NO. The van der Waals surface area contributed by atoms with Gasteiger partial charge >= 0.3 is 0 Å². The minimum atomic E-state index is 0.355. The third kappa shape index (κ3) is 1.64. The summed E-state index contributed by atoms with van der Waals surface area (Å²) in [4.78, 5) is 2.31. The van der Waals surface area contributed by atoms with Gasteiger partial charge in [-0.1, -0.05) is 13.8 Å². The standard InChI is InChI=1S/C8H15NO.C2H6/c1-9-4-6-2-7(3-6)8(9)5-10;1-2/h6-8,10H,2-5H2,1H3;1-2H3. The topological polar surface area (TPSA) is 23.5 Å². The molecule has 2 heterocycles. The smallest absolute Gasteiger partial charge is 0.0589 e. The number of aliphatic hydroxyl groups excluding tert-OH is 1. The third-order valence-electron chi connectivity index (χ3n) is 3.12. The molecule has 2 heteroatoms. The van der Waals surface area contributed by atoms with E-state index in [0.29, 0.717) is 12.6 Å². The van der Waals surface area contributed by atoms with Gasteiger partial charge in [0.1, 0.15) is 0 Å². The Kier molecular flexibility index (Phi) is 3.53. The van der Waals surface area contributed by atoms with Crippen molar-refractivity contribution in [3.05, 3.63) is 0 Å². The molecule has 1 atom stereocenters. The van der Waals surface area contributed by atoms with Crippen LogP contribution in [0.2, 0.25) is 0 Å². The van der Waals surface area contributed by atoms with Crippen LogP contribution in [-0.4, -0.2) is 36.2 Å². The quantitative estimate of drug-likeness (QED) is 0.643. The summed E-state index contributed by atoms with van der Waals surface area (Å²) in [6.45, 7) is 5.57. The summed E-state index contributed by atoms with van der Waals surface area (Å²) in [5.41, 5.74) is 0. The van der Waals surface area contributed by atoms with E-state index in [1.165, 1.54) is 19.4 Å². The van der Waals surface area contributed by atoms with E-state index in [2.05, 4.69) is 11.9 Å². The highest BCUT2D eigenvalue weighted by molar-refractivity contribution is 4.95. The fraction of sp³-hybridized carbons (Fsp3) is 1.00. The van der Waals surface area contributed by atoms with Crippen molar-refractivity contribution in [1.29, 1.82) is 0 Å². The predicted molar refractivity (Wildman–Crippen MR) is 51.1 cm³/mol. The zero-order valence-corrected chi connectivity index (χ0v) is 8.45. The molecule has 72 valence electrons. The average molecular weight is 171 g/mol. The average Bonchev–Trinajstić information content (AvgIpc) is 2.06. The van der Waals surface area contributed by atoms with Gasteiger partial charge in [0.05, 0.1) is 6.61 Å². The van der Waals surface area contributed by atoms with Crippen molar-refractivity contribution in [2.45, 2.75) is 32.7 Å². The van der Waals surface area contributed by atoms with Gasteiger partial charge in [-0.3, -0.25) is 0 Å². The van der Waals surface area contributed by atoms with Gasteiger partial charge in [0.2, 0.25) is 0 Å². The van der Waals surface area contributed by atoms with Crippen LogP contribution in [0.1, 0.15) is 26.7 Å². The van der Waals surface area contributed by atoms with Crippen molar-refractivity contribution in [2.75, 3.05) is 20.2 Å². The zero-order valence-electron chi connectivity index (χ0n) is 8.45. The van der Waals surface area contributed by atoms with Gasteiger partial charge in [-0.25, -0.2) is 0 Å². The highest BCUT2D eigenvalue weighted by Gasteiger charge is 2.42. The lowest BCUT2D eigenvalue weighted by Gasteiger charge is -2.51. The van der Waals surface area contributed by atoms with Gasteiger partial charge in [-0.05, 0) is 31.7 Å². The summed E-state index contributed by atoms with van der Waals surface area (Å²) in [6, 6.07) is 0.477. The molecule has 1 saturated carbocycles. The first-order valence-corrected chi connectivity index (χ1v) is 5.12. The van der Waals surface area contributed by atoms with E-state index >= 15 is 0 Å². The van der Waals surface area contributed by atoms with E-state index in [1.54, 1.807) is 0 Å². The van der Waals surface area contributed by atoms with Gasteiger partial charge in [0, 0.05) is 12.6 Å². The minimum Gasteiger partial charge on any atom is -0.395 e. The van der Waals surface area contributed by atoms with E-state index in [4.69, 9.17) is 5.11 Å². The Hall–Kier alpha value is -0.0800. The lowest BCUT2D eigenvalue weighted by molar-refractivity contribution is -0.0382. The molecule has 3 fully saturated rings. The highest BCUT2D eigenvalue weighted by atomic mass is 16.3. The molecule has 2 aliphatic heterocycles. The number of hydrogen-bond donors (Lipinski definition) is 1. The first-order chi connectivity index (χ1) is 5.81. The number of hydrogen-bond acceptors (Lipinski definition) is 2. The monoisotopic (exact) mass is 171 g/mol. The molecule has 2 nitrogen and oxygen atoms in total. The van der Waals surface area contributed by atoms with Crippen LogP contribution in [-0.2, 0) is 0 Å². The normalized spacial score (nSPS) is 39.5. The van der Waals surface area contributed by atoms with Gasteiger partial charge in [-0.15, -0.1) is 0 Å². The molecule has 2 bridgehead atoms. The van der Waals surface area contributed by atoms with Gasteiger partial charge in [0.25, 0.3) is 0 Å². The van der Waals surface area contributed by atoms with Crippen LogP contribution in [0.15, 0.2) is 0 Å². The molecule has 0 spiro atoms. The van der Waals surface area contributed by atoms with Crippen molar-refractivity contribution in [3.63, 3.8) is 0 Å². The van der Waals surface area contributed by atoms with E-state index in [-0.39, 0.29) is 0 Å². The van der Waals surface area contributed by atoms with Gasteiger partial charge < -0.3 is 10.0 Å². The Morgan fingerprint density at radius 1 is 1.33 bits per heavy atom. The van der Waals surface area contributed by atoms with Crippen LogP contribution in [0.3, 0.4) is 0 Å². The molecule has 1 aliphatic carbocycles. The molecule has 0 aromatic heterocycles. The predicted octanol–water partition coefficient (Wildman–Crippen LogP) is 1.35. The maximum Gasteiger partial charge on any atom is 0.0589 e. The summed E-state index contributed by atoms with van der Waals surface area (Å²) < 4.78 is 0. The molecule has 1 N–H and O–H groups in total. The van der Waals surface area contributed by atoms with Gasteiger partial charge in [0.15, 0.2) is 0 Å². The van der Waals surface area contributed by atoms with Crippen molar-refractivity contribution in [2.24, 2.45) is 11.8 Å². The van der Waals surface area contributed by atoms with Gasteiger partial charge in [-0.2, -0.15) is 0 Å². The second-order valence-corrected chi connectivity index (χ2v) is 3.79. The van der Waals surface area contributed by atoms with Crippen LogP contribution in [0.4, 0.5) is 0 Å². The second kappa shape index (κ2) is 4.24. The van der Waals surface area contributed by atoms with E-state index < -0.39 is 0 Å². The maximum absolute atomic E-state index is 9.01. The summed E-state index contributed by atoms with van der Waals surface area (Å²) in [5, 5.41) is 9.01. The molecule has 0 aromatic rings. The number of piperidine rings is 2. The largest absolute Gasteiger partial charge is 0.395 e. The van der Waals surface area contributed by atoms with E-state index in [0.717, 1.165) is 11.8 Å². The summed E-state index contributed by atoms with van der Waals surface area (Å²) >= 11 is 0. The fourth-order valence-electron chi connectivity index (χ4n) is 2.44. The van der Waals surface area contributed by atoms with Crippen molar-refractivity contribution in [1.82, 2.24) is 4.90 Å². The number of nitrogens with zero attached hydrogens (tertiary/aromatic N) is 1. The van der Waals surface area contributed by atoms with E-state index in [9.17, 15) is 0 Å². The Bertz CT molecular complexity index is 130. The Labute approximate surface area is 75.6 Å². The second-order valence-electron chi connectivity index (χ2n) is 3.79. The summed E-state index contributed by atoms with van der Waals surface area (Å²) in [5.74, 6) is 1.77. The highest BCUT2D eigenvalue weighted by Crippen LogP contribution is 2.42. The molecule has 0 amide bonds. The molecular weight excluding hydrogens is 150 g/mol. The van der Waals surface area contributed by atoms with Crippen LogP contribution >= 0.6 is 0 Å². The third-order valence-corrected chi connectivity index (χ3v) is 3.12. The number of aliphatic hydroxyl groups is 1. The number of likely N-dealkylation sites (N-methyl/N-ethyl adjacent to an activating group) is 1. The number of rotatable bonds is 1. The number of fused-ring (bicyclic) bond motifs is 2. The lowest BCUT2D eigenvalue weighted by Crippen LogP contribution is -2.55. The molecule has 3 rings (SSSR count). The SMILES string of the molecule is CC.CN1CC2CC(C2)C1CO. The maximum atomic E-state index is 9.01. The van der Waals surface area contributed by atoms with Crippen LogP contribution in [0.25, 0.3) is 0 Å². The van der Waals surface area contributed by atoms with Crippen LogP contribution < -0.4 is 0 Å². The van der Waals surface area contributed by atoms with Crippen molar-refractivity contribution >= 4 is 0 Å². The Morgan fingerprint density at radius 2 is 1.92 bits per heavy atom. The lowest BCUT2D eigenvalue weighted by atomic mass is 9.67. The summed E-state index contributed by atoms with van der Waals surface area (Å²) in [7, 11) is 2.12. The molecule has 3 aliphatic rings. The minimum absolute atomic E-state index is 0.355. The fourth-order valence-corrected chi connectivity index (χ4v) is 2.44. The molecule has 1 unspecified atom stereocenters. The summed E-state index contributed by atoms with van der Waals surface area (Å²) in [6.07, 6.45) is 2.74. The van der Waals surface area contributed by atoms with Crippen LogP contribution in [0, 0.1) is 11.8 Å². The first kappa shape index (κ1) is 10.0. The Balaban J connectivity index is 0.000000336. The first-order valence-electron chi connectivity index (χ1n) is 5.12.